The van der Waals surface area contributed by atoms with Crippen LogP contribution in [0.15, 0.2) is 46.9 Å². The van der Waals surface area contributed by atoms with Crippen molar-refractivity contribution in [2.75, 3.05) is 13.1 Å². The molecule has 1 fully saturated rings. The summed E-state index contributed by atoms with van der Waals surface area (Å²) in [5.74, 6) is -0.131. The summed E-state index contributed by atoms with van der Waals surface area (Å²) < 4.78 is 20.8. The third-order valence-corrected chi connectivity index (χ3v) is 4.66. The van der Waals surface area contributed by atoms with Crippen molar-refractivity contribution >= 4 is 34.2 Å². The molecule has 2 N–H and O–H groups in total. The van der Waals surface area contributed by atoms with Crippen molar-refractivity contribution in [1.82, 2.24) is 4.90 Å². The first-order chi connectivity index (χ1) is 11.6. The lowest BCUT2D eigenvalue weighted by Crippen LogP contribution is -2.39. The summed E-state index contributed by atoms with van der Waals surface area (Å²) in [5, 5.41) is 0. The lowest BCUT2D eigenvalue weighted by atomic mass is 10.1. The highest BCUT2D eigenvalue weighted by Gasteiger charge is 2.28. The second-order valence-corrected chi connectivity index (χ2v) is 6.65. The molecule has 2 aromatic carbocycles. The number of carbonyl (C=O) groups excluding carboxylic acids is 1. The van der Waals surface area contributed by atoms with E-state index in [0.29, 0.717) is 24.4 Å². The Balaban J connectivity index is 0.00000225. The fraction of sp³-hybridized carbons (Fsp3) is 0.278. The number of rotatable bonds is 4. The number of hydrogen-bond donors (Lipinski definition) is 1. The molecule has 0 aromatic heterocycles. The minimum atomic E-state index is -0.563. The predicted molar refractivity (Wildman–Crippen MR) is 101 cm³/mol. The maximum absolute atomic E-state index is 14.3. The van der Waals surface area contributed by atoms with Crippen molar-refractivity contribution < 1.29 is 13.9 Å². The van der Waals surface area contributed by atoms with E-state index in [2.05, 4.69) is 15.9 Å². The lowest BCUT2D eigenvalue weighted by Gasteiger charge is -2.23. The average molecular weight is 430 g/mol. The van der Waals surface area contributed by atoms with E-state index in [-0.39, 0.29) is 30.1 Å². The molecule has 0 saturated carbocycles. The van der Waals surface area contributed by atoms with Crippen LogP contribution in [0.3, 0.4) is 0 Å². The minimum Gasteiger partial charge on any atom is -0.454 e. The van der Waals surface area contributed by atoms with E-state index >= 15 is 0 Å². The molecule has 1 saturated heterocycles. The van der Waals surface area contributed by atoms with E-state index in [0.717, 1.165) is 17.3 Å². The third kappa shape index (κ3) is 4.51. The van der Waals surface area contributed by atoms with Crippen LogP contribution >= 0.6 is 28.3 Å². The first-order valence-electron chi connectivity index (χ1n) is 7.82. The van der Waals surface area contributed by atoms with Gasteiger partial charge >= 0.3 is 0 Å². The number of halogens is 3. The molecule has 0 aliphatic carbocycles. The summed E-state index contributed by atoms with van der Waals surface area (Å²) in [6.45, 7) is 1.10. The van der Waals surface area contributed by atoms with Crippen LogP contribution in [0.1, 0.15) is 23.2 Å². The summed E-state index contributed by atoms with van der Waals surface area (Å²) in [4.78, 5) is 14.3. The van der Waals surface area contributed by atoms with E-state index in [1.54, 1.807) is 23.1 Å². The fourth-order valence-electron chi connectivity index (χ4n) is 2.86. The molecule has 1 aliphatic heterocycles. The number of carbonyl (C=O) groups is 1. The molecule has 4 nitrogen and oxygen atoms in total. The van der Waals surface area contributed by atoms with Gasteiger partial charge in [0, 0.05) is 29.2 Å². The smallest absolute Gasteiger partial charge is 0.254 e. The molecule has 3 rings (SSSR count). The minimum absolute atomic E-state index is 0. The molecule has 2 aromatic rings. The van der Waals surface area contributed by atoms with Crippen LogP contribution < -0.4 is 10.5 Å². The van der Waals surface area contributed by atoms with Crippen LogP contribution in [-0.4, -0.2) is 29.9 Å². The van der Waals surface area contributed by atoms with Gasteiger partial charge in [0.05, 0.1) is 0 Å². The predicted octanol–water partition coefficient (Wildman–Crippen LogP) is 4.37. The van der Waals surface area contributed by atoms with Crippen molar-refractivity contribution in [3.05, 3.63) is 58.3 Å². The standard InChI is InChI=1S/C18H18BrFN2O2.ClH/c19-13-4-6-15(7-5-13)24-17-8-3-12(10-16(17)20)18(23)22-9-1-2-14(22)11-21;/h3-8,10,14H,1-2,9,11,21H2;1H. The van der Waals surface area contributed by atoms with Crippen molar-refractivity contribution in [2.45, 2.75) is 18.9 Å². The number of benzene rings is 2. The zero-order chi connectivity index (χ0) is 17.1. The maximum Gasteiger partial charge on any atom is 0.254 e. The Hall–Kier alpha value is -1.63. The first kappa shape index (κ1) is 19.7. The van der Waals surface area contributed by atoms with Gasteiger partial charge < -0.3 is 15.4 Å². The zero-order valence-electron chi connectivity index (χ0n) is 13.5. The second-order valence-electron chi connectivity index (χ2n) is 5.73. The summed E-state index contributed by atoms with van der Waals surface area (Å²) in [5.41, 5.74) is 6.02. The van der Waals surface area contributed by atoms with Crippen LogP contribution in [0.25, 0.3) is 0 Å². The fourth-order valence-corrected chi connectivity index (χ4v) is 3.12. The highest BCUT2D eigenvalue weighted by Crippen LogP contribution is 2.27. The van der Waals surface area contributed by atoms with Gasteiger partial charge in [-0.15, -0.1) is 12.4 Å². The molecule has 134 valence electrons. The Bertz CT molecular complexity index is 742. The van der Waals surface area contributed by atoms with Gasteiger partial charge in [-0.05, 0) is 55.3 Å². The molecule has 1 atom stereocenters. The van der Waals surface area contributed by atoms with Gasteiger partial charge in [0.2, 0.25) is 0 Å². The summed E-state index contributed by atoms with van der Waals surface area (Å²) in [7, 11) is 0. The number of nitrogens with two attached hydrogens (primary N) is 1. The highest BCUT2D eigenvalue weighted by atomic mass is 79.9. The summed E-state index contributed by atoms with van der Waals surface area (Å²) in [6.07, 6.45) is 1.83. The monoisotopic (exact) mass is 428 g/mol. The normalized spacial score (nSPS) is 16.4. The number of ether oxygens (including phenoxy) is 1. The molecule has 1 amide bonds. The number of amides is 1. The molecule has 25 heavy (non-hydrogen) atoms. The van der Waals surface area contributed by atoms with Crippen LogP contribution in [0, 0.1) is 5.82 Å². The van der Waals surface area contributed by atoms with Crippen molar-refractivity contribution in [3.63, 3.8) is 0 Å². The molecule has 1 unspecified atom stereocenters. The maximum atomic E-state index is 14.3. The van der Waals surface area contributed by atoms with Gasteiger partial charge in [0.1, 0.15) is 5.75 Å². The SMILES string of the molecule is Cl.NCC1CCCN1C(=O)c1ccc(Oc2ccc(Br)cc2)c(F)c1. The lowest BCUT2D eigenvalue weighted by molar-refractivity contribution is 0.0740. The molecule has 0 spiro atoms. The third-order valence-electron chi connectivity index (χ3n) is 4.13. The van der Waals surface area contributed by atoms with E-state index in [4.69, 9.17) is 10.5 Å². The van der Waals surface area contributed by atoms with E-state index < -0.39 is 5.82 Å². The van der Waals surface area contributed by atoms with Gasteiger partial charge in [-0.3, -0.25) is 4.79 Å². The highest BCUT2D eigenvalue weighted by molar-refractivity contribution is 9.10. The largest absolute Gasteiger partial charge is 0.454 e. The molecular weight excluding hydrogens is 411 g/mol. The quantitative estimate of drug-likeness (QED) is 0.785. The Morgan fingerprint density at radius 3 is 2.64 bits per heavy atom. The van der Waals surface area contributed by atoms with Crippen molar-refractivity contribution in [3.8, 4) is 11.5 Å². The Morgan fingerprint density at radius 1 is 1.28 bits per heavy atom. The zero-order valence-corrected chi connectivity index (χ0v) is 15.9. The van der Waals surface area contributed by atoms with Gasteiger partial charge in [-0.1, -0.05) is 15.9 Å². The topological polar surface area (TPSA) is 55.6 Å². The Morgan fingerprint density at radius 2 is 2.00 bits per heavy atom. The Kier molecular flexibility index (Phi) is 6.81. The summed E-state index contributed by atoms with van der Waals surface area (Å²) in [6, 6.07) is 11.4. The molecule has 1 heterocycles. The van der Waals surface area contributed by atoms with Crippen molar-refractivity contribution in [2.24, 2.45) is 5.73 Å². The average Bonchev–Trinajstić information content (AvgIpc) is 3.06. The van der Waals surface area contributed by atoms with Crippen LogP contribution in [-0.2, 0) is 0 Å². The Labute approximate surface area is 160 Å². The molecule has 0 radical (unpaired) electrons. The first-order valence-corrected chi connectivity index (χ1v) is 8.62. The number of hydrogen-bond acceptors (Lipinski definition) is 3. The summed E-state index contributed by atoms with van der Waals surface area (Å²) >= 11 is 3.33. The number of likely N-dealkylation sites (tertiary alicyclic amines) is 1. The molecule has 7 heteroatoms. The van der Waals surface area contributed by atoms with Crippen molar-refractivity contribution in [1.29, 1.82) is 0 Å². The van der Waals surface area contributed by atoms with Crippen LogP contribution in [0.2, 0.25) is 0 Å². The van der Waals surface area contributed by atoms with E-state index in [9.17, 15) is 9.18 Å². The second kappa shape index (κ2) is 8.65. The van der Waals surface area contributed by atoms with Crippen LogP contribution in [0.4, 0.5) is 4.39 Å². The van der Waals surface area contributed by atoms with Gasteiger partial charge in [-0.25, -0.2) is 4.39 Å². The van der Waals surface area contributed by atoms with Crippen LogP contribution in [0.5, 0.6) is 11.5 Å². The van der Waals surface area contributed by atoms with Gasteiger partial charge in [-0.2, -0.15) is 0 Å². The molecular formula is C18H19BrClFN2O2. The van der Waals surface area contributed by atoms with Gasteiger partial charge in [0.15, 0.2) is 11.6 Å². The molecule has 0 bridgehead atoms. The van der Waals surface area contributed by atoms with E-state index in [1.807, 2.05) is 12.1 Å². The number of nitrogens with zero attached hydrogens (tertiary/aromatic N) is 1. The molecule has 1 aliphatic rings. The van der Waals surface area contributed by atoms with Gasteiger partial charge in [0.25, 0.3) is 5.91 Å². The van der Waals surface area contributed by atoms with E-state index in [1.165, 1.54) is 12.1 Å².